The van der Waals surface area contributed by atoms with E-state index in [2.05, 4.69) is 15.3 Å². The predicted molar refractivity (Wildman–Crippen MR) is 63.5 cm³/mol. The lowest BCUT2D eigenvalue weighted by Gasteiger charge is -2.13. The van der Waals surface area contributed by atoms with Crippen LogP contribution in [0.4, 0.5) is 11.8 Å². The summed E-state index contributed by atoms with van der Waals surface area (Å²) in [6.45, 7) is 1.90. The third kappa shape index (κ3) is 4.01. The Labute approximate surface area is 95.9 Å². The fourth-order valence-corrected chi connectivity index (χ4v) is 2.04. The lowest BCUT2D eigenvalue weighted by atomic mass is 10.4. The Kier molecular flexibility index (Phi) is 4.28. The molecule has 0 saturated carbocycles. The number of halogens is 1. The molecule has 0 spiro atoms. The number of rotatable bonds is 4. The normalized spacial score (nSPS) is 14.6. The summed E-state index contributed by atoms with van der Waals surface area (Å²) >= 11 is 5.86. The van der Waals surface area contributed by atoms with E-state index in [9.17, 15) is 4.21 Å². The smallest absolute Gasteiger partial charge is 0.222 e. The number of nitrogens with zero attached hydrogens (tertiary/aromatic N) is 2. The Hall–Kier alpha value is -0.880. The predicted octanol–water partition coefficient (Wildman–Crippen LogP) is 0.891. The number of nitrogen functional groups attached to an aromatic ring is 1. The molecular formula is C8H13ClN4OS. The molecule has 0 aliphatic heterocycles. The second-order valence-electron chi connectivity index (χ2n) is 3.21. The highest BCUT2D eigenvalue weighted by Crippen LogP contribution is 2.19. The monoisotopic (exact) mass is 248 g/mol. The van der Waals surface area contributed by atoms with E-state index in [1.807, 2.05) is 6.92 Å². The quantitative estimate of drug-likeness (QED) is 0.827. The van der Waals surface area contributed by atoms with Crippen molar-refractivity contribution >= 4 is 34.2 Å². The van der Waals surface area contributed by atoms with Gasteiger partial charge in [-0.1, -0.05) is 11.6 Å². The molecule has 1 heterocycles. The van der Waals surface area contributed by atoms with Crippen LogP contribution in [0.1, 0.15) is 6.92 Å². The van der Waals surface area contributed by atoms with Gasteiger partial charge in [0.15, 0.2) is 5.82 Å². The van der Waals surface area contributed by atoms with Crippen molar-refractivity contribution in [3.8, 4) is 0 Å². The van der Waals surface area contributed by atoms with Crippen LogP contribution < -0.4 is 11.1 Å². The van der Waals surface area contributed by atoms with Gasteiger partial charge in [-0.25, -0.2) is 4.98 Å². The van der Waals surface area contributed by atoms with Gasteiger partial charge in [0.1, 0.15) is 5.02 Å². The van der Waals surface area contributed by atoms with E-state index in [0.717, 1.165) is 0 Å². The third-order valence-electron chi connectivity index (χ3n) is 1.63. The summed E-state index contributed by atoms with van der Waals surface area (Å²) in [6.07, 6.45) is 3.08. The van der Waals surface area contributed by atoms with Crippen molar-refractivity contribution in [1.82, 2.24) is 9.97 Å². The van der Waals surface area contributed by atoms with Gasteiger partial charge >= 0.3 is 0 Å². The molecular weight excluding hydrogens is 236 g/mol. The maximum atomic E-state index is 11.0. The van der Waals surface area contributed by atoms with Crippen molar-refractivity contribution in [2.24, 2.45) is 0 Å². The largest absolute Gasteiger partial charge is 0.368 e. The second-order valence-corrected chi connectivity index (χ2v) is 5.10. The third-order valence-corrected chi connectivity index (χ3v) is 2.88. The summed E-state index contributed by atoms with van der Waals surface area (Å²) in [4.78, 5) is 7.69. The highest BCUT2D eigenvalue weighted by molar-refractivity contribution is 7.84. The van der Waals surface area contributed by atoms with Crippen molar-refractivity contribution in [2.75, 3.05) is 23.1 Å². The van der Waals surface area contributed by atoms with E-state index in [1.165, 1.54) is 6.20 Å². The zero-order valence-corrected chi connectivity index (χ0v) is 10.1. The van der Waals surface area contributed by atoms with E-state index >= 15 is 0 Å². The summed E-state index contributed by atoms with van der Waals surface area (Å²) in [6, 6.07) is 0.0163. The first-order valence-electron chi connectivity index (χ1n) is 4.33. The molecule has 3 N–H and O–H groups in total. The minimum Gasteiger partial charge on any atom is -0.368 e. The molecule has 1 aromatic rings. The Balaban J connectivity index is 2.71. The Morgan fingerprint density at radius 1 is 1.73 bits per heavy atom. The minimum atomic E-state index is -0.862. The van der Waals surface area contributed by atoms with Crippen LogP contribution in [-0.4, -0.2) is 32.2 Å². The molecule has 2 atom stereocenters. The van der Waals surface area contributed by atoms with Crippen molar-refractivity contribution in [3.63, 3.8) is 0 Å². The number of nitrogens with one attached hydrogen (secondary N) is 1. The maximum Gasteiger partial charge on any atom is 0.222 e. The average Bonchev–Trinajstić information content (AvgIpc) is 2.10. The van der Waals surface area contributed by atoms with Gasteiger partial charge in [-0.15, -0.1) is 0 Å². The molecule has 0 saturated heterocycles. The summed E-state index contributed by atoms with van der Waals surface area (Å²) < 4.78 is 11.0. The maximum absolute atomic E-state index is 11.0. The van der Waals surface area contributed by atoms with Gasteiger partial charge < -0.3 is 11.1 Å². The molecule has 7 heteroatoms. The molecule has 5 nitrogen and oxygen atoms in total. The van der Waals surface area contributed by atoms with Gasteiger partial charge in [-0.05, 0) is 6.92 Å². The fraction of sp³-hybridized carbons (Fsp3) is 0.500. The Morgan fingerprint density at radius 2 is 2.40 bits per heavy atom. The second kappa shape index (κ2) is 5.27. The molecule has 0 aliphatic rings. The molecule has 2 unspecified atom stereocenters. The van der Waals surface area contributed by atoms with Gasteiger partial charge in [-0.2, -0.15) is 4.98 Å². The van der Waals surface area contributed by atoms with Gasteiger partial charge in [0.05, 0.1) is 6.20 Å². The summed E-state index contributed by atoms with van der Waals surface area (Å²) in [5.74, 6) is 1.16. The molecule has 0 aromatic carbocycles. The van der Waals surface area contributed by atoms with E-state index < -0.39 is 10.8 Å². The van der Waals surface area contributed by atoms with Crippen molar-refractivity contribution in [3.05, 3.63) is 11.2 Å². The standard InChI is InChI=1S/C8H13ClN4OS/c1-5(4-15(2)14)12-7-6(9)3-11-8(10)13-7/h3,5H,4H2,1-2H3,(H3,10,11,12,13). The van der Waals surface area contributed by atoms with Crippen LogP contribution in [0.2, 0.25) is 5.02 Å². The lowest BCUT2D eigenvalue weighted by Crippen LogP contribution is -2.23. The molecule has 15 heavy (non-hydrogen) atoms. The number of hydrogen-bond acceptors (Lipinski definition) is 5. The molecule has 1 aromatic heterocycles. The molecule has 0 radical (unpaired) electrons. The van der Waals surface area contributed by atoms with Gasteiger partial charge in [0, 0.05) is 28.9 Å². The van der Waals surface area contributed by atoms with E-state index in [4.69, 9.17) is 17.3 Å². The molecule has 0 fully saturated rings. The first-order valence-corrected chi connectivity index (χ1v) is 6.44. The van der Waals surface area contributed by atoms with E-state index in [-0.39, 0.29) is 12.0 Å². The molecule has 0 bridgehead atoms. The van der Waals surface area contributed by atoms with Crippen LogP contribution in [-0.2, 0) is 10.8 Å². The molecule has 84 valence electrons. The van der Waals surface area contributed by atoms with Crippen LogP contribution in [0.5, 0.6) is 0 Å². The van der Waals surface area contributed by atoms with Crippen LogP contribution in [0.3, 0.4) is 0 Å². The first kappa shape index (κ1) is 12.2. The fourth-order valence-electron chi connectivity index (χ4n) is 1.11. The molecule has 0 amide bonds. The first-order chi connectivity index (χ1) is 6.99. The zero-order chi connectivity index (χ0) is 11.4. The summed E-state index contributed by atoms with van der Waals surface area (Å²) in [7, 11) is -0.862. The highest BCUT2D eigenvalue weighted by atomic mass is 35.5. The van der Waals surface area contributed by atoms with Crippen LogP contribution in [0.15, 0.2) is 6.20 Å². The number of anilines is 2. The van der Waals surface area contributed by atoms with Gasteiger partial charge in [0.2, 0.25) is 5.95 Å². The Morgan fingerprint density at radius 3 is 3.00 bits per heavy atom. The summed E-state index contributed by atoms with van der Waals surface area (Å²) in [5, 5.41) is 3.43. The van der Waals surface area contributed by atoms with Crippen molar-refractivity contribution in [1.29, 1.82) is 0 Å². The number of aromatic nitrogens is 2. The SMILES string of the molecule is CC(CS(C)=O)Nc1nc(N)ncc1Cl. The van der Waals surface area contributed by atoms with Gasteiger partial charge in [0.25, 0.3) is 0 Å². The zero-order valence-electron chi connectivity index (χ0n) is 8.53. The highest BCUT2D eigenvalue weighted by Gasteiger charge is 2.08. The van der Waals surface area contributed by atoms with Gasteiger partial charge in [-0.3, -0.25) is 4.21 Å². The van der Waals surface area contributed by atoms with E-state index in [0.29, 0.717) is 16.6 Å². The minimum absolute atomic E-state index is 0.0163. The lowest BCUT2D eigenvalue weighted by molar-refractivity contribution is 0.683. The van der Waals surface area contributed by atoms with Crippen molar-refractivity contribution in [2.45, 2.75) is 13.0 Å². The average molecular weight is 249 g/mol. The van der Waals surface area contributed by atoms with E-state index in [1.54, 1.807) is 6.26 Å². The topological polar surface area (TPSA) is 80.9 Å². The number of hydrogen-bond donors (Lipinski definition) is 2. The molecule has 0 aliphatic carbocycles. The molecule has 1 rings (SSSR count). The number of nitrogens with two attached hydrogens (primary N) is 1. The van der Waals surface area contributed by atoms with Crippen LogP contribution >= 0.6 is 11.6 Å². The summed E-state index contributed by atoms with van der Waals surface area (Å²) in [5.41, 5.74) is 5.42. The van der Waals surface area contributed by atoms with Crippen LogP contribution in [0, 0.1) is 0 Å². The Bertz CT molecular complexity index is 374. The van der Waals surface area contributed by atoms with Crippen molar-refractivity contribution < 1.29 is 4.21 Å². The van der Waals surface area contributed by atoms with Crippen LogP contribution in [0.25, 0.3) is 0 Å².